The molecule has 0 saturated carbocycles. The number of rotatable bonds is 12. The van der Waals surface area contributed by atoms with E-state index in [4.69, 9.17) is 0 Å². The molecule has 0 radical (unpaired) electrons. The van der Waals surface area contributed by atoms with Gasteiger partial charge in [-0.2, -0.15) is 0 Å². The third kappa shape index (κ3) is 9.83. The molecule has 0 aliphatic carbocycles. The molecule has 0 aliphatic heterocycles. The van der Waals surface area contributed by atoms with Gasteiger partial charge < -0.3 is 20.8 Å². The molecule has 0 spiro atoms. The number of carbonyl (C=O) groups is 2. The lowest BCUT2D eigenvalue weighted by molar-refractivity contribution is -0.125. The highest BCUT2D eigenvalue weighted by atomic mass is 32.2. The normalized spacial score (nSPS) is 15.0. The Morgan fingerprint density at radius 2 is 1.80 bits per heavy atom. The first kappa shape index (κ1) is 26.3. The summed E-state index contributed by atoms with van der Waals surface area (Å²) in [6.45, 7) is 8.13. The van der Waals surface area contributed by atoms with E-state index in [1.54, 1.807) is 0 Å². The van der Waals surface area contributed by atoms with E-state index >= 15 is 0 Å². The molecule has 1 aromatic rings. The lowest BCUT2D eigenvalue weighted by atomic mass is 9.94. The number of amides is 2. The lowest BCUT2D eigenvalue weighted by Crippen LogP contribution is -2.50. The quantitative estimate of drug-likeness (QED) is 0.302. The summed E-state index contributed by atoms with van der Waals surface area (Å²) in [6, 6.07) is -0.821. The van der Waals surface area contributed by atoms with Crippen LogP contribution in [0.1, 0.15) is 51.0 Å². The molecule has 5 N–H and O–H groups in total. The number of nitrogens with one attached hydrogen (secondary N) is 3. The fourth-order valence-corrected chi connectivity index (χ4v) is 4.13. The molecule has 1 rings (SSSR count). The van der Waals surface area contributed by atoms with Crippen LogP contribution in [-0.4, -0.2) is 66.5 Å². The Labute approximate surface area is 181 Å². The molecule has 0 aromatic carbocycles. The maximum absolute atomic E-state index is 12.5. The second-order valence-corrected chi connectivity index (χ2v) is 10.7. The van der Waals surface area contributed by atoms with Crippen molar-refractivity contribution in [2.75, 3.05) is 17.5 Å². The highest BCUT2D eigenvalue weighted by molar-refractivity contribution is 7.92. The number of aromatic nitrogens is 1. The SMILES string of the molecule is CC(C)CNC(=O)C[C@@H](O)[C@H](O)[C@H](CC(C)C)NC(=O)c1csc(NS(C)(=O)=O)n1. The molecule has 0 unspecified atom stereocenters. The van der Waals surface area contributed by atoms with Crippen molar-refractivity contribution in [1.29, 1.82) is 0 Å². The van der Waals surface area contributed by atoms with Crippen LogP contribution in [0.5, 0.6) is 0 Å². The van der Waals surface area contributed by atoms with Crippen molar-refractivity contribution in [2.24, 2.45) is 11.8 Å². The van der Waals surface area contributed by atoms with Gasteiger partial charge in [0.1, 0.15) is 11.8 Å². The topological polar surface area (TPSA) is 158 Å². The van der Waals surface area contributed by atoms with E-state index in [9.17, 15) is 28.2 Å². The fraction of sp³-hybridized carbons (Fsp3) is 0.722. The molecular formula is C18H32N4O6S2. The Balaban J connectivity index is 2.80. The molecule has 12 heteroatoms. The van der Waals surface area contributed by atoms with Gasteiger partial charge in [-0.25, -0.2) is 13.4 Å². The fourth-order valence-electron chi connectivity index (χ4n) is 2.59. The van der Waals surface area contributed by atoms with Gasteiger partial charge in [0.25, 0.3) is 5.91 Å². The minimum absolute atomic E-state index is 0.0173. The van der Waals surface area contributed by atoms with Crippen molar-refractivity contribution >= 4 is 38.3 Å². The third-order valence-corrected chi connectivity index (χ3v) is 5.41. The van der Waals surface area contributed by atoms with Crippen molar-refractivity contribution in [3.8, 4) is 0 Å². The van der Waals surface area contributed by atoms with Crippen molar-refractivity contribution in [1.82, 2.24) is 15.6 Å². The molecule has 1 heterocycles. The Kier molecular flexibility index (Phi) is 10.1. The Morgan fingerprint density at radius 3 is 2.33 bits per heavy atom. The second-order valence-electron chi connectivity index (χ2n) is 8.08. The third-order valence-electron chi connectivity index (χ3n) is 3.96. The molecular weight excluding hydrogens is 432 g/mol. The van der Waals surface area contributed by atoms with Crippen LogP contribution in [0, 0.1) is 11.8 Å². The van der Waals surface area contributed by atoms with Crippen LogP contribution in [0.2, 0.25) is 0 Å². The monoisotopic (exact) mass is 464 g/mol. The first-order chi connectivity index (χ1) is 13.8. The zero-order chi connectivity index (χ0) is 23.1. The molecule has 0 fully saturated rings. The van der Waals surface area contributed by atoms with E-state index in [2.05, 4.69) is 20.3 Å². The maximum atomic E-state index is 12.5. The summed E-state index contributed by atoms with van der Waals surface area (Å²) >= 11 is 0.950. The highest BCUT2D eigenvalue weighted by Crippen LogP contribution is 2.18. The Bertz CT molecular complexity index is 809. The number of nitrogens with zero attached hydrogens (tertiary/aromatic N) is 1. The van der Waals surface area contributed by atoms with Crippen molar-refractivity contribution < 1.29 is 28.2 Å². The number of aliphatic hydroxyl groups excluding tert-OH is 2. The van der Waals surface area contributed by atoms with Crippen LogP contribution in [0.25, 0.3) is 0 Å². The summed E-state index contributed by atoms with van der Waals surface area (Å²) in [5.41, 5.74) is -0.0173. The van der Waals surface area contributed by atoms with Gasteiger partial charge in [-0.3, -0.25) is 14.3 Å². The van der Waals surface area contributed by atoms with Gasteiger partial charge in [0, 0.05) is 11.9 Å². The van der Waals surface area contributed by atoms with Crippen LogP contribution in [0.4, 0.5) is 5.13 Å². The minimum Gasteiger partial charge on any atom is -0.390 e. The number of aliphatic hydroxyl groups is 2. The number of hydrogen-bond acceptors (Lipinski definition) is 8. The van der Waals surface area contributed by atoms with E-state index in [1.807, 2.05) is 27.7 Å². The van der Waals surface area contributed by atoms with E-state index in [0.717, 1.165) is 17.6 Å². The molecule has 172 valence electrons. The van der Waals surface area contributed by atoms with Gasteiger partial charge in [0.15, 0.2) is 5.13 Å². The predicted molar refractivity (Wildman–Crippen MR) is 116 cm³/mol. The van der Waals surface area contributed by atoms with Gasteiger partial charge in [0.2, 0.25) is 15.9 Å². The van der Waals surface area contributed by atoms with Crippen LogP contribution in [0.15, 0.2) is 5.38 Å². The smallest absolute Gasteiger partial charge is 0.271 e. The summed E-state index contributed by atoms with van der Waals surface area (Å²) in [5, 5.41) is 27.6. The van der Waals surface area contributed by atoms with E-state index in [0.29, 0.717) is 13.0 Å². The molecule has 0 bridgehead atoms. The summed E-state index contributed by atoms with van der Waals surface area (Å²) < 4.78 is 24.7. The van der Waals surface area contributed by atoms with Crippen LogP contribution >= 0.6 is 11.3 Å². The first-order valence-corrected chi connectivity index (χ1v) is 12.4. The Hall–Kier alpha value is -1.76. The number of thiazole rings is 1. The summed E-state index contributed by atoms with van der Waals surface area (Å²) in [4.78, 5) is 28.4. The standard InChI is InChI=1S/C18H32N4O6S2/c1-10(2)6-12(16(25)14(23)7-15(24)19-8-11(3)4)20-17(26)13-9-29-18(21-13)22-30(5,27)28/h9-12,14,16,23,25H,6-8H2,1-5H3,(H,19,24)(H,20,26)(H,21,22)/t12-,14+,16+/m0/s1. The average molecular weight is 465 g/mol. The largest absolute Gasteiger partial charge is 0.390 e. The van der Waals surface area contributed by atoms with Gasteiger partial charge in [-0.1, -0.05) is 27.7 Å². The van der Waals surface area contributed by atoms with Crippen molar-refractivity contribution in [2.45, 2.75) is 58.8 Å². The second kappa shape index (κ2) is 11.6. The molecule has 10 nitrogen and oxygen atoms in total. The molecule has 3 atom stereocenters. The molecule has 0 saturated heterocycles. The lowest BCUT2D eigenvalue weighted by Gasteiger charge is -2.28. The summed E-state index contributed by atoms with van der Waals surface area (Å²) in [6.07, 6.45) is -1.69. The van der Waals surface area contributed by atoms with Gasteiger partial charge in [-0.15, -0.1) is 11.3 Å². The molecule has 30 heavy (non-hydrogen) atoms. The minimum atomic E-state index is -3.52. The zero-order valence-corrected chi connectivity index (χ0v) is 19.5. The number of anilines is 1. The zero-order valence-electron chi connectivity index (χ0n) is 17.9. The average Bonchev–Trinajstić information content (AvgIpc) is 3.04. The Morgan fingerprint density at radius 1 is 1.17 bits per heavy atom. The van der Waals surface area contributed by atoms with Crippen LogP contribution in [-0.2, 0) is 14.8 Å². The van der Waals surface area contributed by atoms with E-state index in [1.165, 1.54) is 5.38 Å². The van der Waals surface area contributed by atoms with Crippen LogP contribution in [0.3, 0.4) is 0 Å². The predicted octanol–water partition coefficient (Wildman–Crippen LogP) is 0.543. The number of sulfonamides is 1. The molecule has 0 aliphatic rings. The van der Waals surface area contributed by atoms with Gasteiger partial charge in [0.05, 0.1) is 24.8 Å². The van der Waals surface area contributed by atoms with Gasteiger partial charge >= 0.3 is 0 Å². The maximum Gasteiger partial charge on any atom is 0.271 e. The van der Waals surface area contributed by atoms with Crippen LogP contribution < -0.4 is 15.4 Å². The highest BCUT2D eigenvalue weighted by Gasteiger charge is 2.30. The summed E-state index contributed by atoms with van der Waals surface area (Å²) in [7, 11) is -3.52. The first-order valence-electron chi connectivity index (χ1n) is 9.65. The van der Waals surface area contributed by atoms with Gasteiger partial charge in [-0.05, 0) is 18.3 Å². The van der Waals surface area contributed by atoms with E-state index < -0.39 is 34.2 Å². The van der Waals surface area contributed by atoms with Crippen molar-refractivity contribution in [3.63, 3.8) is 0 Å². The molecule has 2 amide bonds. The number of hydrogen-bond donors (Lipinski definition) is 5. The molecule has 1 aromatic heterocycles. The van der Waals surface area contributed by atoms with Crippen molar-refractivity contribution in [3.05, 3.63) is 11.1 Å². The summed E-state index contributed by atoms with van der Waals surface area (Å²) in [5.74, 6) is -0.663. The number of carbonyl (C=O) groups excluding carboxylic acids is 2. The van der Waals surface area contributed by atoms with E-state index in [-0.39, 0.29) is 35.0 Å².